The number of hydrogen-bond donors (Lipinski definition) is 4. The van der Waals surface area contributed by atoms with Gasteiger partial charge in [0.15, 0.2) is 6.29 Å². The molecule has 9 nitrogen and oxygen atoms in total. The summed E-state index contributed by atoms with van der Waals surface area (Å²) >= 11 is 0. The number of carbonyl (C=O) groups is 1. The first-order valence-corrected chi connectivity index (χ1v) is 11.6. The van der Waals surface area contributed by atoms with Crippen LogP contribution in [-0.2, 0) is 20.7 Å². The first-order chi connectivity index (χ1) is 15.2. The number of rotatable bonds is 3. The summed E-state index contributed by atoms with van der Waals surface area (Å²) in [7, 11) is 0. The number of carbonyl (C=O) groups excluding carboxylic acids is 1. The normalized spacial score (nSPS) is 42.9. The van der Waals surface area contributed by atoms with E-state index < -0.39 is 36.7 Å². The first-order valence-electron chi connectivity index (χ1n) is 11.6. The topological polar surface area (TPSA) is 171 Å². The number of phenols is 1. The molecule has 1 aromatic rings. The van der Waals surface area contributed by atoms with Gasteiger partial charge < -0.3 is 45.3 Å². The summed E-state index contributed by atoms with van der Waals surface area (Å²) in [6.45, 7) is 2.20. The van der Waals surface area contributed by atoms with Crippen molar-refractivity contribution in [1.29, 1.82) is 0 Å². The largest absolute Gasteiger partial charge is 1.00 e. The van der Waals surface area contributed by atoms with E-state index in [0.29, 0.717) is 23.5 Å². The van der Waals surface area contributed by atoms with Crippen molar-refractivity contribution in [2.75, 3.05) is 0 Å². The van der Waals surface area contributed by atoms with Gasteiger partial charge in [0.05, 0.1) is 12.1 Å². The fourth-order valence-corrected chi connectivity index (χ4v) is 7.06. The van der Waals surface area contributed by atoms with E-state index in [9.17, 15) is 30.3 Å². The minimum atomic E-state index is -1.78. The van der Waals surface area contributed by atoms with Crippen LogP contribution in [0.3, 0.4) is 0 Å². The average Bonchev–Trinajstić information content (AvgIpc) is 3.09. The molecule has 0 aromatic heterocycles. The SMILES string of the molecule is C[C@]12CC[C@@H]3c4ccc(O)cc4CC[C@H]3[C@@H]1CC[C@@H]2O[C@@H]1O[C@H](C(=O)[O-])[C@@H](O)[C@H](O)[C@H]1O.O.[Na+]. The third-order valence-corrected chi connectivity index (χ3v) is 8.72. The molecule has 0 unspecified atom stereocenters. The van der Waals surface area contributed by atoms with Crippen LogP contribution in [0.15, 0.2) is 18.2 Å². The molecule has 10 heteroatoms. The molecule has 6 N–H and O–H groups in total. The molecule has 3 aliphatic carbocycles. The van der Waals surface area contributed by atoms with Crippen LogP contribution < -0.4 is 34.7 Å². The second-order valence-electron chi connectivity index (χ2n) is 10.3. The van der Waals surface area contributed by atoms with E-state index in [1.807, 2.05) is 6.07 Å². The predicted octanol–water partition coefficient (Wildman–Crippen LogP) is -3.63. The maximum atomic E-state index is 11.3. The molecule has 4 aliphatic rings. The van der Waals surface area contributed by atoms with Crippen molar-refractivity contribution in [1.82, 2.24) is 0 Å². The fraction of sp³-hybridized carbons (Fsp3) is 0.708. The van der Waals surface area contributed by atoms with E-state index in [2.05, 4.69) is 13.0 Å². The molecule has 3 fully saturated rings. The van der Waals surface area contributed by atoms with Crippen molar-refractivity contribution in [3.05, 3.63) is 29.3 Å². The molecule has 34 heavy (non-hydrogen) atoms. The van der Waals surface area contributed by atoms with Crippen molar-refractivity contribution in [3.63, 3.8) is 0 Å². The molecule has 1 heterocycles. The zero-order chi connectivity index (χ0) is 22.8. The number of aliphatic hydroxyl groups is 3. The summed E-state index contributed by atoms with van der Waals surface area (Å²) in [5, 5.41) is 51.5. The van der Waals surface area contributed by atoms with Crippen LogP contribution in [-0.4, -0.2) is 68.7 Å². The van der Waals surface area contributed by atoms with Crippen molar-refractivity contribution in [2.45, 2.75) is 88.2 Å². The summed E-state index contributed by atoms with van der Waals surface area (Å²) in [5.74, 6) is 0.0267. The van der Waals surface area contributed by atoms with Gasteiger partial charge in [-0.25, -0.2) is 0 Å². The quantitative estimate of drug-likeness (QED) is 0.316. The molecule has 184 valence electrons. The maximum Gasteiger partial charge on any atom is 1.00 e. The summed E-state index contributed by atoms with van der Waals surface area (Å²) in [6, 6.07) is 5.71. The summed E-state index contributed by atoms with van der Waals surface area (Å²) < 4.78 is 11.5. The molecule has 5 rings (SSSR count). The van der Waals surface area contributed by atoms with Crippen LogP contribution in [0.1, 0.15) is 56.1 Å². The van der Waals surface area contributed by atoms with Crippen LogP contribution >= 0.6 is 0 Å². The summed E-state index contributed by atoms with van der Waals surface area (Å²) in [4.78, 5) is 11.3. The van der Waals surface area contributed by atoms with Crippen LogP contribution in [0.2, 0.25) is 0 Å². The van der Waals surface area contributed by atoms with Gasteiger partial charge in [-0.2, -0.15) is 0 Å². The Kier molecular flexibility index (Phi) is 8.45. The minimum absolute atomic E-state index is 0. The second-order valence-corrected chi connectivity index (χ2v) is 10.3. The summed E-state index contributed by atoms with van der Waals surface area (Å²) in [5.41, 5.74) is 2.42. The molecule has 1 saturated heterocycles. The first kappa shape index (κ1) is 27.8. The number of benzene rings is 1. The van der Waals surface area contributed by atoms with Gasteiger partial charge in [-0.15, -0.1) is 0 Å². The smallest absolute Gasteiger partial charge is 0.547 e. The zero-order valence-electron chi connectivity index (χ0n) is 19.6. The van der Waals surface area contributed by atoms with E-state index in [1.54, 1.807) is 6.07 Å². The van der Waals surface area contributed by atoms with E-state index in [1.165, 1.54) is 11.1 Å². The van der Waals surface area contributed by atoms with E-state index in [4.69, 9.17) is 9.47 Å². The number of carboxylic acids is 1. The number of aliphatic carboxylic acids is 1. The third kappa shape index (κ3) is 4.44. The number of carboxylic acid groups (broad SMARTS) is 1. The molecule has 1 aliphatic heterocycles. The third-order valence-electron chi connectivity index (χ3n) is 8.72. The van der Waals surface area contributed by atoms with Crippen molar-refractivity contribution >= 4 is 5.97 Å². The Morgan fingerprint density at radius 2 is 1.85 bits per heavy atom. The number of phenolic OH excluding ortho intramolecular Hbond substituents is 1. The number of aliphatic hydroxyl groups excluding tert-OH is 3. The van der Waals surface area contributed by atoms with E-state index >= 15 is 0 Å². The van der Waals surface area contributed by atoms with Gasteiger partial charge in [0.25, 0.3) is 0 Å². The summed E-state index contributed by atoms with van der Waals surface area (Å²) in [6.07, 6.45) is -2.75. The Morgan fingerprint density at radius 3 is 2.56 bits per heavy atom. The standard InChI is InChI=1S/C24H32O8.Na.H2O/c1-24-9-8-14-13-5-3-12(25)10-11(13)2-4-15(14)16(24)6-7-17(24)31-23-20(28)18(26)19(27)21(32-23)22(29)30;;/h3,5,10,14-21,23,25-28H,2,4,6-9H2,1H3,(H,29,30);;1H2/q;+1;/p-1/t14-,15-,16+,17+,18+,19+,20-,21+,23-,24+;;/m1../s1. The van der Waals surface area contributed by atoms with Gasteiger partial charge in [0.1, 0.15) is 30.2 Å². The van der Waals surface area contributed by atoms with Crippen molar-refractivity contribution in [2.24, 2.45) is 17.3 Å². The molecule has 2 saturated carbocycles. The predicted molar refractivity (Wildman–Crippen MR) is 113 cm³/mol. The van der Waals surface area contributed by atoms with Gasteiger partial charge in [0, 0.05) is 0 Å². The number of ether oxygens (including phenoxy) is 2. The zero-order valence-corrected chi connectivity index (χ0v) is 21.6. The van der Waals surface area contributed by atoms with Crippen LogP contribution in [0, 0.1) is 17.3 Å². The molecule has 10 atom stereocenters. The van der Waals surface area contributed by atoms with Crippen LogP contribution in [0.5, 0.6) is 5.75 Å². The van der Waals surface area contributed by atoms with Gasteiger partial charge in [-0.1, -0.05) is 13.0 Å². The monoisotopic (exact) mass is 488 g/mol. The molecule has 0 spiro atoms. The molecule has 0 amide bonds. The van der Waals surface area contributed by atoms with E-state index in [-0.39, 0.29) is 46.6 Å². The molecule has 1 aromatic carbocycles. The van der Waals surface area contributed by atoms with Gasteiger partial charge >= 0.3 is 29.6 Å². The Labute approximate surface area is 220 Å². The molecular weight excluding hydrogens is 455 g/mol. The Bertz CT molecular complexity index is 897. The van der Waals surface area contributed by atoms with Gasteiger partial charge in [-0.3, -0.25) is 0 Å². The van der Waals surface area contributed by atoms with Crippen LogP contribution in [0.4, 0.5) is 0 Å². The average molecular weight is 489 g/mol. The fourth-order valence-electron chi connectivity index (χ4n) is 7.06. The second kappa shape index (κ2) is 10.3. The molecule has 0 radical (unpaired) electrons. The van der Waals surface area contributed by atoms with Gasteiger partial charge in [-0.05, 0) is 85.0 Å². The van der Waals surface area contributed by atoms with Crippen molar-refractivity contribution in [3.8, 4) is 5.75 Å². The Balaban J connectivity index is 0.00000162. The number of aromatic hydroxyl groups is 1. The Hall–Kier alpha value is -0.750. The van der Waals surface area contributed by atoms with E-state index in [0.717, 1.165) is 38.5 Å². The minimum Gasteiger partial charge on any atom is -0.547 e. The van der Waals surface area contributed by atoms with Crippen LogP contribution in [0.25, 0.3) is 0 Å². The van der Waals surface area contributed by atoms with Crippen molar-refractivity contribution < 1.29 is 74.8 Å². The maximum absolute atomic E-state index is 11.3. The Morgan fingerprint density at radius 1 is 1.12 bits per heavy atom. The number of fused-ring (bicyclic) bond motifs is 5. The molecule has 0 bridgehead atoms. The van der Waals surface area contributed by atoms with Gasteiger partial charge in [0.2, 0.25) is 0 Å². The molecular formula is C24H33NaO9. The number of aryl methyl sites for hydroxylation is 1. The number of hydrogen-bond acceptors (Lipinski definition) is 8.